The molecule has 0 unspecified atom stereocenters. The Hall–Kier alpha value is -3.25. The molecule has 0 spiro atoms. The maximum Gasteiger partial charge on any atom is 0.227 e. The zero-order chi connectivity index (χ0) is 24.3. The first-order valence-corrected chi connectivity index (χ1v) is 13.5. The number of aromatic nitrogens is 2. The fourth-order valence-electron chi connectivity index (χ4n) is 5.64. The second-order valence-corrected chi connectivity index (χ2v) is 10.4. The predicted molar refractivity (Wildman–Crippen MR) is 143 cm³/mol. The normalized spacial score (nSPS) is 18.9. The molecule has 6 heteroatoms. The largest absolute Gasteiger partial charge is 0.342 e. The van der Waals surface area contributed by atoms with Crippen molar-refractivity contribution in [3.63, 3.8) is 0 Å². The number of anilines is 1. The number of rotatable bonds is 5. The van der Waals surface area contributed by atoms with Crippen LogP contribution in [0.5, 0.6) is 0 Å². The summed E-state index contributed by atoms with van der Waals surface area (Å²) in [5.41, 5.74) is 5.74. The average Bonchev–Trinajstić information content (AvgIpc) is 3.11. The zero-order valence-corrected chi connectivity index (χ0v) is 21.0. The van der Waals surface area contributed by atoms with Gasteiger partial charge in [0.25, 0.3) is 0 Å². The summed E-state index contributed by atoms with van der Waals surface area (Å²) in [6.45, 7) is 5.68. The van der Waals surface area contributed by atoms with E-state index < -0.39 is 0 Å². The lowest BCUT2D eigenvalue weighted by atomic mass is 9.91. The van der Waals surface area contributed by atoms with Crippen molar-refractivity contribution in [2.75, 3.05) is 44.2 Å². The van der Waals surface area contributed by atoms with Gasteiger partial charge in [-0.25, -0.2) is 9.97 Å². The van der Waals surface area contributed by atoms with Crippen molar-refractivity contribution in [2.45, 2.75) is 44.6 Å². The van der Waals surface area contributed by atoms with Gasteiger partial charge in [-0.3, -0.25) is 9.69 Å². The van der Waals surface area contributed by atoms with E-state index in [0.29, 0.717) is 6.42 Å². The van der Waals surface area contributed by atoms with E-state index in [9.17, 15) is 4.79 Å². The zero-order valence-electron chi connectivity index (χ0n) is 21.0. The fraction of sp³-hybridized carbons (Fsp3) is 0.433. The van der Waals surface area contributed by atoms with Crippen LogP contribution < -0.4 is 4.90 Å². The third-order valence-electron chi connectivity index (χ3n) is 8.17. The monoisotopic (exact) mass is 481 g/mol. The number of fused-ring (bicyclic) bond motifs is 1. The number of carbonyl (C=O) groups excluding carboxylic acids is 1. The first-order valence-electron chi connectivity index (χ1n) is 13.5. The predicted octanol–water partition coefficient (Wildman–Crippen LogP) is 3.99. The van der Waals surface area contributed by atoms with Gasteiger partial charge in [0.05, 0.1) is 12.1 Å². The summed E-state index contributed by atoms with van der Waals surface area (Å²) in [6, 6.07) is 19.5. The molecule has 1 saturated carbocycles. The fourth-order valence-corrected chi connectivity index (χ4v) is 5.64. The Labute approximate surface area is 214 Å². The molecule has 2 aliphatic heterocycles. The molecule has 3 heterocycles. The summed E-state index contributed by atoms with van der Waals surface area (Å²) >= 11 is 0. The minimum atomic E-state index is 0.190. The van der Waals surface area contributed by atoms with Crippen molar-refractivity contribution in [3.8, 4) is 11.1 Å². The van der Waals surface area contributed by atoms with Gasteiger partial charge in [0.1, 0.15) is 0 Å². The highest BCUT2D eigenvalue weighted by molar-refractivity contribution is 5.79. The van der Waals surface area contributed by atoms with Gasteiger partial charge >= 0.3 is 0 Å². The Kier molecular flexibility index (Phi) is 6.69. The minimum absolute atomic E-state index is 0.190. The first-order chi connectivity index (χ1) is 17.7. The van der Waals surface area contributed by atoms with Gasteiger partial charge < -0.3 is 9.80 Å². The Morgan fingerprint density at radius 1 is 0.833 bits per heavy atom. The molecule has 36 heavy (non-hydrogen) atoms. The van der Waals surface area contributed by atoms with Crippen molar-refractivity contribution in [3.05, 3.63) is 77.6 Å². The van der Waals surface area contributed by atoms with E-state index in [1.165, 1.54) is 36.0 Å². The molecule has 0 bridgehead atoms. The molecule has 1 aromatic heterocycles. The molecule has 6 nitrogen and oxygen atoms in total. The van der Waals surface area contributed by atoms with Crippen LogP contribution >= 0.6 is 0 Å². The number of hydrogen-bond acceptors (Lipinski definition) is 5. The number of benzene rings is 2. The van der Waals surface area contributed by atoms with Crippen LogP contribution in [0.4, 0.5) is 5.95 Å². The Bertz CT molecular complexity index is 1180. The van der Waals surface area contributed by atoms with Gasteiger partial charge in [-0.1, -0.05) is 61.0 Å². The van der Waals surface area contributed by atoms with Crippen LogP contribution in [-0.4, -0.2) is 71.0 Å². The summed E-state index contributed by atoms with van der Waals surface area (Å²) in [7, 11) is 0. The highest BCUT2D eigenvalue weighted by Gasteiger charge is 2.29. The summed E-state index contributed by atoms with van der Waals surface area (Å²) in [5, 5.41) is 0. The van der Waals surface area contributed by atoms with Crippen LogP contribution in [0.15, 0.2) is 60.8 Å². The van der Waals surface area contributed by atoms with Crippen LogP contribution in [0, 0.1) is 0 Å². The third-order valence-corrected chi connectivity index (χ3v) is 8.17. The quantitative estimate of drug-likeness (QED) is 0.552. The smallest absolute Gasteiger partial charge is 0.227 e. The van der Waals surface area contributed by atoms with Crippen molar-refractivity contribution in [2.24, 2.45) is 0 Å². The van der Waals surface area contributed by atoms with E-state index in [4.69, 9.17) is 9.97 Å². The minimum Gasteiger partial charge on any atom is -0.342 e. The summed E-state index contributed by atoms with van der Waals surface area (Å²) in [4.78, 5) is 29.8. The second kappa shape index (κ2) is 10.4. The molecule has 1 aliphatic carbocycles. The average molecular weight is 482 g/mol. The Morgan fingerprint density at radius 2 is 1.56 bits per heavy atom. The van der Waals surface area contributed by atoms with E-state index in [1.807, 2.05) is 29.3 Å². The van der Waals surface area contributed by atoms with Crippen molar-refractivity contribution in [1.82, 2.24) is 19.8 Å². The molecular formula is C30H35N5O. The van der Waals surface area contributed by atoms with Gasteiger partial charge in [0, 0.05) is 57.9 Å². The number of amides is 1. The topological polar surface area (TPSA) is 52.6 Å². The van der Waals surface area contributed by atoms with Crippen molar-refractivity contribution >= 4 is 11.9 Å². The summed E-state index contributed by atoms with van der Waals surface area (Å²) in [5.74, 6) is 1.05. The number of hydrogen-bond donors (Lipinski definition) is 0. The van der Waals surface area contributed by atoms with E-state index in [2.05, 4.69) is 46.2 Å². The lowest BCUT2D eigenvalue weighted by molar-refractivity contribution is -0.130. The van der Waals surface area contributed by atoms with Crippen LogP contribution in [0.25, 0.3) is 11.1 Å². The van der Waals surface area contributed by atoms with E-state index >= 15 is 0 Å². The van der Waals surface area contributed by atoms with Gasteiger partial charge in [0.2, 0.25) is 11.9 Å². The molecule has 6 rings (SSSR count). The SMILES string of the molecule is O=C(Cc1ccc(-c2ccccc2)cc1)N1CCc2cnc(N3CCN(C4CCC4)CC3)nc2CC1. The number of piperazine rings is 1. The Balaban J connectivity index is 1.05. The van der Waals surface area contributed by atoms with Crippen LogP contribution in [0.1, 0.15) is 36.1 Å². The highest BCUT2D eigenvalue weighted by atomic mass is 16.2. The number of nitrogens with zero attached hydrogens (tertiary/aromatic N) is 5. The van der Waals surface area contributed by atoms with Gasteiger partial charge in [-0.15, -0.1) is 0 Å². The van der Waals surface area contributed by atoms with E-state index in [1.54, 1.807) is 0 Å². The molecule has 1 amide bonds. The van der Waals surface area contributed by atoms with Crippen molar-refractivity contribution < 1.29 is 4.79 Å². The second-order valence-electron chi connectivity index (χ2n) is 10.4. The van der Waals surface area contributed by atoms with E-state index in [0.717, 1.165) is 75.4 Å². The van der Waals surface area contributed by atoms with Crippen molar-refractivity contribution in [1.29, 1.82) is 0 Å². The summed E-state index contributed by atoms with van der Waals surface area (Å²) < 4.78 is 0. The molecular weight excluding hydrogens is 446 g/mol. The standard InChI is InChI=1S/C30H35N5O/c36-29(21-23-9-11-25(12-10-23)24-5-2-1-3-6-24)34-15-13-26-22-31-30(32-28(26)14-16-34)35-19-17-33(18-20-35)27-7-4-8-27/h1-3,5-6,9-12,22,27H,4,7-8,13-21H2. The summed E-state index contributed by atoms with van der Waals surface area (Å²) in [6.07, 6.45) is 8.18. The maximum absolute atomic E-state index is 13.1. The molecule has 3 aromatic rings. The maximum atomic E-state index is 13.1. The van der Waals surface area contributed by atoms with Crippen LogP contribution in [0.3, 0.4) is 0 Å². The molecule has 2 aromatic carbocycles. The molecule has 3 aliphatic rings. The van der Waals surface area contributed by atoms with Gasteiger partial charge in [-0.2, -0.15) is 0 Å². The molecule has 0 N–H and O–H groups in total. The lowest BCUT2D eigenvalue weighted by Gasteiger charge is -2.43. The molecule has 0 atom stereocenters. The molecule has 2 fully saturated rings. The third kappa shape index (κ3) is 5.00. The van der Waals surface area contributed by atoms with Crippen LogP contribution in [0.2, 0.25) is 0 Å². The van der Waals surface area contributed by atoms with Gasteiger partial charge in [-0.05, 0) is 41.5 Å². The van der Waals surface area contributed by atoms with Gasteiger partial charge in [0.15, 0.2) is 0 Å². The Morgan fingerprint density at radius 3 is 2.28 bits per heavy atom. The molecule has 1 saturated heterocycles. The first kappa shape index (κ1) is 23.2. The number of carbonyl (C=O) groups is 1. The van der Waals surface area contributed by atoms with E-state index in [-0.39, 0.29) is 5.91 Å². The highest BCUT2D eigenvalue weighted by Crippen LogP contribution is 2.26. The lowest BCUT2D eigenvalue weighted by Crippen LogP contribution is -2.52. The van der Waals surface area contributed by atoms with Crippen LogP contribution in [-0.2, 0) is 24.1 Å². The molecule has 0 radical (unpaired) electrons. The molecule has 186 valence electrons.